The van der Waals surface area contributed by atoms with Gasteiger partial charge in [-0.1, -0.05) is 18.2 Å². The first-order valence-corrected chi connectivity index (χ1v) is 4.34. The van der Waals surface area contributed by atoms with Crippen LogP contribution < -0.4 is 11.1 Å². The van der Waals surface area contributed by atoms with Crippen molar-refractivity contribution in [2.75, 3.05) is 7.05 Å². The Morgan fingerprint density at radius 2 is 2.00 bits per heavy atom. The van der Waals surface area contributed by atoms with E-state index in [2.05, 4.69) is 5.32 Å². The zero-order valence-corrected chi connectivity index (χ0v) is 7.92. The number of nitrogens with one attached hydrogen (secondary N) is 1. The number of rotatable bonds is 3. The molecule has 0 saturated heterocycles. The van der Waals surface area contributed by atoms with E-state index in [1.807, 2.05) is 13.0 Å². The molecule has 13 heavy (non-hydrogen) atoms. The molecule has 0 spiro atoms. The van der Waals surface area contributed by atoms with Gasteiger partial charge in [0.05, 0.1) is 0 Å². The van der Waals surface area contributed by atoms with Gasteiger partial charge in [-0.2, -0.15) is 0 Å². The third-order valence-corrected chi connectivity index (χ3v) is 2.08. The highest BCUT2D eigenvalue weighted by Crippen LogP contribution is 2.18. The lowest BCUT2D eigenvalue weighted by Crippen LogP contribution is -2.34. The summed E-state index contributed by atoms with van der Waals surface area (Å²) in [7, 11) is 1.78. The molecule has 3 heteroatoms. The molecule has 2 unspecified atom stereocenters. The summed E-state index contributed by atoms with van der Waals surface area (Å²) in [5, 5.41) is 2.99. The lowest BCUT2D eigenvalue weighted by molar-refractivity contribution is 0.475. The number of likely N-dealkylation sites (N-methyl/N-ethyl adjacent to an activating group) is 1. The van der Waals surface area contributed by atoms with Crippen LogP contribution in [0.4, 0.5) is 4.39 Å². The Morgan fingerprint density at radius 1 is 1.38 bits per heavy atom. The van der Waals surface area contributed by atoms with Gasteiger partial charge in [0.25, 0.3) is 0 Å². The van der Waals surface area contributed by atoms with Crippen LogP contribution in [0.5, 0.6) is 0 Å². The van der Waals surface area contributed by atoms with E-state index in [4.69, 9.17) is 5.73 Å². The second-order valence-electron chi connectivity index (χ2n) is 3.15. The van der Waals surface area contributed by atoms with Crippen molar-refractivity contribution in [2.24, 2.45) is 5.73 Å². The fraction of sp³-hybridized carbons (Fsp3) is 0.400. The zero-order chi connectivity index (χ0) is 9.84. The predicted octanol–water partition coefficient (Wildman–Crippen LogP) is 1.43. The van der Waals surface area contributed by atoms with Gasteiger partial charge in [0, 0.05) is 17.6 Å². The standard InChI is InChI=1S/C10H15FN2/c1-7(12)10(13-2)8-5-3-4-6-9(8)11/h3-7,10,13H,12H2,1-2H3. The molecule has 3 N–H and O–H groups in total. The van der Waals surface area contributed by atoms with Crippen molar-refractivity contribution in [2.45, 2.75) is 19.0 Å². The van der Waals surface area contributed by atoms with Crippen molar-refractivity contribution in [1.29, 1.82) is 0 Å². The molecule has 1 aromatic carbocycles. The summed E-state index contributed by atoms with van der Waals surface area (Å²) in [6.07, 6.45) is 0. The molecule has 2 nitrogen and oxygen atoms in total. The van der Waals surface area contributed by atoms with Gasteiger partial charge in [0.1, 0.15) is 5.82 Å². The molecule has 0 aliphatic heterocycles. The minimum absolute atomic E-state index is 0.109. The Morgan fingerprint density at radius 3 is 2.46 bits per heavy atom. The minimum atomic E-state index is -0.209. The molecular weight excluding hydrogens is 167 g/mol. The molecule has 1 rings (SSSR count). The molecule has 0 bridgehead atoms. The first kappa shape index (κ1) is 10.2. The summed E-state index contributed by atoms with van der Waals surface area (Å²) >= 11 is 0. The lowest BCUT2D eigenvalue weighted by atomic mass is 10.0. The van der Waals surface area contributed by atoms with E-state index >= 15 is 0 Å². The van der Waals surface area contributed by atoms with E-state index < -0.39 is 0 Å². The smallest absolute Gasteiger partial charge is 0.128 e. The fourth-order valence-electron chi connectivity index (χ4n) is 1.43. The van der Waals surface area contributed by atoms with E-state index in [-0.39, 0.29) is 17.9 Å². The Kier molecular flexibility index (Phi) is 3.39. The third kappa shape index (κ3) is 2.26. The van der Waals surface area contributed by atoms with Crippen molar-refractivity contribution in [3.8, 4) is 0 Å². The maximum atomic E-state index is 13.3. The summed E-state index contributed by atoms with van der Waals surface area (Å²) in [5.41, 5.74) is 6.34. The first-order chi connectivity index (χ1) is 6.16. The van der Waals surface area contributed by atoms with Crippen LogP contribution in [0.1, 0.15) is 18.5 Å². The summed E-state index contributed by atoms with van der Waals surface area (Å²) in [6, 6.07) is 6.45. The number of benzene rings is 1. The topological polar surface area (TPSA) is 38.0 Å². The Labute approximate surface area is 77.9 Å². The van der Waals surface area contributed by atoms with Crippen LogP contribution in [0, 0.1) is 5.82 Å². The molecule has 72 valence electrons. The van der Waals surface area contributed by atoms with Crippen LogP contribution in [-0.4, -0.2) is 13.1 Å². The van der Waals surface area contributed by atoms with Crippen molar-refractivity contribution in [3.63, 3.8) is 0 Å². The molecule has 2 atom stereocenters. The van der Waals surface area contributed by atoms with Crippen LogP contribution in [0.25, 0.3) is 0 Å². The zero-order valence-electron chi connectivity index (χ0n) is 7.92. The molecule has 0 aromatic heterocycles. The predicted molar refractivity (Wildman–Crippen MR) is 51.9 cm³/mol. The van der Waals surface area contributed by atoms with Crippen LogP contribution in [-0.2, 0) is 0 Å². The summed E-state index contributed by atoms with van der Waals surface area (Å²) in [6.45, 7) is 1.85. The minimum Gasteiger partial charge on any atom is -0.326 e. The van der Waals surface area contributed by atoms with E-state index in [0.29, 0.717) is 5.56 Å². The molecular formula is C10H15FN2. The Bertz CT molecular complexity index is 273. The second kappa shape index (κ2) is 4.35. The molecule has 0 fully saturated rings. The number of hydrogen-bond acceptors (Lipinski definition) is 2. The highest BCUT2D eigenvalue weighted by Gasteiger charge is 2.16. The van der Waals surface area contributed by atoms with Gasteiger partial charge in [-0.3, -0.25) is 0 Å². The van der Waals surface area contributed by atoms with Crippen LogP contribution in [0.2, 0.25) is 0 Å². The normalized spacial score (nSPS) is 15.4. The van der Waals surface area contributed by atoms with E-state index in [0.717, 1.165) is 0 Å². The first-order valence-electron chi connectivity index (χ1n) is 4.34. The molecule has 0 aliphatic carbocycles. The monoisotopic (exact) mass is 182 g/mol. The van der Waals surface area contributed by atoms with Crippen molar-refractivity contribution in [3.05, 3.63) is 35.6 Å². The third-order valence-electron chi connectivity index (χ3n) is 2.08. The van der Waals surface area contributed by atoms with Gasteiger partial charge in [0.2, 0.25) is 0 Å². The van der Waals surface area contributed by atoms with Crippen LogP contribution in [0.15, 0.2) is 24.3 Å². The van der Waals surface area contributed by atoms with Crippen molar-refractivity contribution >= 4 is 0 Å². The number of nitrogens with two attached hydrogens (primary N) is 1. The average molecular weight is 182 g/mol. The second-order valence-corrected chi connectivity index (χ2v) is 3.15. The maximum absolute atomic E-state index is 13.3. The molecule has 0 aliphatic rings. The van der Waals surface area contributed by atoms with Gasteiger partial charge in [-0.25, -0.2) is 4.39 Å². The molecule has 0 amide bonds. The highest BCUT2D eigenvalue weighted by atomic mass is 19.1. The van der Waals surface area contributed by atoms with Gasteiger partial charge < -0.3 is 11.1 Å². The molecule has 1 aromatic rings. The van der Waals surface area contributed by atoms with Gasteiger partial charge >= 0.3 is 0 Å². The lowest BCUT2D eigenvalue weighted by Gasteiger charge is -2.20. The summed E-state index contributed by atoms with van der Waals surface area (Å²) < 4.78 is 13.3. The Balaban J connectivity index is 2.97. The van der Waals surface area contributed by atoms with Gasteiger partial charge in [-0.15, -0.1) is 0 Å². The molecule has 0 heterocycles. The van der Waals surface area contributed by atoms with Gasteiger partial charge in [-0.05, 0) is 20.0 Å². The maximum Gasteiger partial charge on any atom is 0.128 e. The fourth-order valence-corrected chi connectivity index (χ4v) is 1.43. The van der Waals surface area contributed by atoms with Crippen molar-refractivity contribution < 1.29 is 4.39 Å². The summed E-state index contributed by atoms with van der Waals surface area (Å²) in [4.78, 5) is 0. The number of halogens is 1. The average Bonchev–Trinajstić information content (AvgIpc) is 2.09. The molecule has 0 saturated carbocycles. The Hall–Kier alpha value is -0.930. The van der Waals surface area contributed by atoms with Crippen LogP contribution in [0.3, 0.4) is 0 Å². The number of hydrogen-bond donors (Lipinski definition) is 2. The van der Waals surface area contributed by atoms with E-state index in [9.17, 15) is 4.39 Å². The SMILES string of the molecule is CNC(c1ccccc1F)C(C)N. The highest BCUT2D eigenvalue weighted by molar-refractivity contribution is 5.22. The van der Waals surface area contributed by atoms with Crippen molar-refractivity contribution in [1.82, 2.24) is 5.32 Å². The summed E-state index contributed by atoms with van der Waals surface area (Å²) in [5.74, 6) is -0.209. The van der Waals surface area contributed by atoms with Crippen LogP contribution >= 0.6 is 0 Å². The largest absolute Gasteiger partial charge is 0.326 e. The molecule has 0 radical (unpaired) electrons. The van der Waals surface area contributed by atoms with Gasteiger partial charge in [0.15, 0.2) is 0 Å². The van der Waals surface area contributed by atoms with E-state index in [1.54, 1.807) is 19.2 Å². The van der Waals surface area contributed by atoms with E-state index in [1.165, 1.54) is 6.07 Å². The quantitative estimate of drug-likeness (QED) is 0.742.